The van der Waals surface area contributed by atoms with E-state index < -0.39 is 0 Å². The van der Waals surface area contributed by atoms with Crippen LogP contribution in [0.2, 0.25) is 0 Å². The van der Waals surface area contributed by atoms with Gasteiger partial charge in [-0.3, -0.25) is 0 Å². The lowest BCUT2D eigenvalue weighted by atomic mass is 10.8. The van der Waals surface area contributed by atoms with Crippen LogP contribution in [0.25, 0.3) is 6.20 Å². The zero-order valence-electron chi connectivity index (χ0n) is 4.86. The SMILES string of the molecule is C=C[n+]1ccn(C#N)c1. The molecule has 0 unspecified atom stereocenters. The second kappa shape index (κ2) is 2.14. The van der Waals surface area contributed by atoms with Crippen molar-refractivity contribution >= 4 is 6.20 Å². The molecule has 0 spiro atoms. The molecule has 0 amide bonds. The van der Waals surface area contributed by atoms with Gasteiger partial charge in [0, 0.05) is 0 Å². The Balaban J connectivity index is 3.03. The second-order valence-corrected chi connectivity index (χ2v) is 1.55. The molecule has 1 rings (SSSR count). The molecule has 44 valence electrons. The van der Waals surface area contributed by atoms with Crippen LogP contribution in [0.5, 0.6) is 0 Å². The van der Waals surface area contributed by atoms with E-state index in [4.69, 9.17) is 5.26 Å². The third-order valence-electron chi connectivity index (χ3n) is 0.983. The first-order valence-electron chi connectivity index (χ1n) is 2.48. The summed E-state index contributed by atoms with van der Waals surface area (Å²) in [5, 5.41) is 8.31. The fourth-order valence-corrected chi connectivity index (χ4v) is 0.537. The van der Waals surface area contributed by atoms with E-state index in [0.717, 1.165) is 0 Å². The van der Waals surface area contributed by atoms with Crippen LogP contribution < -0.4 is 4.57 Å². The topological polar surface area (TPSA) is 32.6 Å². The van der Waals surface area contributed by atoms with Crippen LogP contribution in [0.4, 0.5) is 0 Å². The van der Waals surface area contributed by atoms with E-state index in [2.05, 4.69) is 6.58 Å². The summed E-state index contributed by atoms with van der Waals surface area (Å²) in [6.07, 6.45) is 8.58. The highest BCUT2D eigenvalue weighted by Gasteiger charge is 1.95. The molecule has 0 aliphatic carbocycles. The number of nitriles is 1. The van der Waals surface area contributed by atoms with E-state index in [0.29, 0.717) is 0 Å². The molecular weight excluding hydrogens is 114 g/mol. The highest BCUT2D eigenvalue weighted by Crippen LogP contribution is 1.76. The number of hydrogen-bond donors (Lipinski definition) is 0. The first-order valence-corrected chi connectivity index (χ1v) is 2.48. The number of aromatic nitrogens is 2. The molecule has 0 bridgehead atoms. The summed E-state index contributed by atoms with van der Waals surface area (Å²) in [6.45, 7) is 3.52. The van der Waals surface area contributed by atoms with Gasteiger partial charge in [-0.15, -0.1) is 9.83 Å². The van der Waals surface area contributed by atoms with E-state index in [1.54, 1.807) is 29.5 Å². The molecule has 0 fully saturated rings. The van der Waals surface area contributed by atoms with Crippen molar-refractivity contribution in [3.63, 3.8) is 0 Å². The van der Waals surface area contributed by atoms with E-state index >= 15 is 0 Å². The molecule has 1 heterocycles. The summed E-state index contributed by atoms with van der Waals surface area (Å²) in [5.41, 5.74) is 0. The minimum absolute atomic E-state index is 1.39. The predicted molar refractivity (Wildman–Crippen MR) is 32.0 cm³/mol. The van der Waals surface area contributed by atoms with Gasteiger partial charge in [0.2, 0.25) is 0 Å². The minimum atomic E-state index is 1.39. The zero-order chi connectivity index (χ0) is 6.69. The smallest absolute Gasteiger partial charge is 0.209 e. The Morgan fingerprint density at radius 3 is 2.89 bits per heavy atom. The molecule has 0 aliphatic rings. The van der Waals surface area contributed by atoms with Crippen LogP contribution in [0.15, 0.2) is 25.3 Å². The fourth-order valence-electron chi connectivity index (χ4n) is 0.537. The number of nitrogens with zero attached hydrogens (tertiary/aromatic N) is 3. The summed E-state index contributed by atoms with van der Waals surface area (Å²) >= 11 is 0. The van der Waals surface area contributed by atoms with Gasteiger partial charge in [0.25, 0.3) is 12.5 Å². The molecule has 3 heteroatoms. The van der Waals surface area contributed by atoms with Gasteiger partial charge in [-0.25, -0.2) is 4.57 Å². The van der Waals surface area contributed by atoms with Gasteiger partial charge in [0.05, 0.1) is 6.20 Å². The minimum Gasteiger partial charge on any atom is -0.209 e. The zero-order valence-corrected chi connectivity index (χ0v) is 4.86. The standard InChI is InChI=1S/C6H6N3/c1-2-8-3-4-9(5-7)6-8/h2-4,6H,1H2/q+1. The number of hydrogen-bond acceptors (Lipinski definition) is 1. The molecule has 0 saturated carbocycles. The largest absolute Gasteiger partial charge is 0.296 e. The molecule has 1 aromatic rings. The summed E-state index contributed by atoms with van der Waals surface area (Å²) in [5.74, 6) is 0. The van der Waals surface area contributed by atoms with Crippen LogP contribution in [-0.4, -0.2) is 4.57 Å². The molecule has 0 N–H and O–H groups in total. The molecule has 3 nitrogen and oxygen atoms in total. The third-order valence-corrected chi connectivity index (χ3v) is 0.983. The molecule has 0 radical (unpaired) electrons. The quantitative estimate of drug-likeness (QED) is 0.487. The maximum Gasteiger partial charge on any atom is 0.296 e. The summed E-state index contributed by atoms with van der Waals surface area (Å²) in [7, 11) is 0. The van der Waals surface area contributed by atoms with E-state index in [1.807, 2.05) is 6.19 Å². The molecule has 0 aliphatic heterocycles. The van der Waals surface area contributed by atoms with Gasteiger partial charge in [0.1, 0.15) is 12.4 Å². The van der Waals surface area contributed by atoms with Crippen LogP contribution in [-0.2, 0) is 0 Å². The van der Waals surface area contributed by atoms with Crippen molar-refractivity contribution in [1.29, 1.82) is 5.26 Å². The average Bonchev–Trinajstić information content (AvgIpc) is 2.34. The fraction of sp³-hybridized carbons (Fsp3) is 0. The van der Waals surface area contributed by atoms with Gasteiger partial charge >= 0.3 is 0 Å². The van der Waals surface area contributed by atoms with Gasteiger partial charge in [0.15, 0.2) is 0 Å². The van der Waals surface area contributed by atoms with Gasteiger partial charge in [-0.05, 0) is 0 Å². The molecule has 0 saturated heterocycles. The molecule has 9 heavy (non-hydrogen) atoms. The van der Waals surface area contributed by atoms with E-state index in [9.17, 15) is 0 Å². The van der Waals surface area contributed by atoms with Crippen LogP contribution >= 0.6 is 0 Å². The first-order chi connectivity index (χ1) is 4.36. The summed E-state index contributed by atoms with van der Waals surface area (Å²) in [4.78, 5) is 0. The van der Waals surface area contributed by atoms with Crippen LogP contribution in [0, 0.1) is 11.5 Å². The lowest BCUT2D eigenvalue weighted by Gasteiger charge is -1.72. The Hall–Kier alpha value is -1.56. The van der Waals surface area contributed by atoms with Crippen molar-refractivity contribution in [1.82, 2.24) is 4.57 Å². The van der Waals surface area contributed by atoms with Crippen molar-refractivity contribution in [2.24, 2.45) is 0 Å². The van der Waals surface area contributed by atoms with Gasteiger partial charge in [-0.2, -0.15) is 0 Å². The van der Waals surface area contributed by atoms with Crippen molar-refractivity contribution in [2.75, 3.05) is 0 Å². The van der Waals surface area contributed by atoms with Gasteiger partial charge < -0.3 is 0 Å². The number of rotatable bonds is 1. The molecule has 1 aromatic heterocycles. The van der Waals surface area contributed by atoms with Crippen molar-refractivity contribution < 1.29 is 4.57 Å². The second-order valence-electron chi connectivity index (χ2n) is 1.55. The Morgan fingerprint density at radius 1 is 1.78 bits per heavy atom. The van der Waals surface area contributed by atoms with Gasteiger partial charge in [-0.1, -0.05) is 6.58 Å². The van der Waals surface area contributed by atoms with Crippen LogP contribution in [0.1, 0.15) is 0 Å². The van der Waals surface area contributed by atoms with E-state index in [-0.39, 0.29) is 0 Å². The molecule has 0 aromatic carbocycles. The van der Waals surface area contributed by atoms with Crippen LogP contribution in [0.3, 0.4) is 0 Å². The Morgan fingerprint density at radius 2 is 2.56 bits per heavy atom. The highest BCUT2D eigenvalue weighted by molar-refractivity contribution is 4.96. The average molecular weight is 120 g/mol. The Labute approximate surface area is 53.1 Å². The van der Waals surface area contributed by atoms with E-state index in [1.165, 1.54) is 4.57 Å². The maximum atomic E-state index is 8.31. The van der Waals surface area contributed by atoms with Crippen molar-refractivity contribution in [3.8, 4) is 6.19 Å². The molecular formula is C6H6N3+. The monoisotopic (exact) mass is 120 g/mol. The van der Waals surface area contributed by atoms with Crippen molar-refractivity contribution in [3.05, 3.63) is 25.3 Å². The Kier molecular flexibility index (Phi) is 1.32. The normalized spacial score (nSPS) is 8.33. The summed E-state index contributed by atoms with van der Waals surface area (Å²) < 4.78 is 3.09. The Bertz CT molecular complexity index is 254. The summed E-state index contributed by atoms with van der Waals surface area (Å²) in [6, 6.07) is 0. The highest BCUT2D eigenvalue weighted by atomic mass is 15.1. The first kappa shape index (κ1) is 5.57. The lowest BCUT2D eigenvalue weighted by molar-refractivity contribution is -0.566. The predicted octanol–water partition coefficient (Wildman–Crippen LogP) is 0.205. The third kappa shape index (κ3) is 0.970. The van der Waals surface area contributed by atoms with Crippen molar-refractivity contribution in [2.45, 2.75) is 0 Å². The number of imidazole rings is 1. The lowest BCUT2D eigenvalue weighted by Crippen LogP contribution is -2.20. The maximum absolute atomic E-state index is 8.31. The molecule has 0 atom stereocenters.